The fourth-order valence-corrected chi connectivity index (χ4v) is 3.90. The van der Waals surface area contributed by atoms with Crippen LogP contribution in [-0.2, 0) is 13.2 Å². The quantitative estimate of drug-likeness (QED) is 0.281. The molecule has 0 unspecified atom stereocenters. The third kappa shape index (κ3) is 4.64. The van der Waals surface area contributed by atoms with Crippen LogP contribution in [-0.4, -0.2) is 24.4 Å². The molecule has 1 aromatic carbocycles. The van der Waals surface area contributed by atoms with Gasteiger partial charge in [0.2, 0.25) is 5.54 Å². The van der Waals surface area contributed by atoms with Crippen LogP contribution in [0, 0.1) is 35.6 Å². The number of halogens is 2. The highest BCUT2D eigenvalue weighted by molar-refractivity contribution is 5.70. The Labute approximate surface area is 199 Å². The summed E-state index contributed by atoms with van der Waals surface area (Å²) in [6.45, 7) is 6.11. The minimum absolute atomic E-state index is 0.107. The molecule has 182 valence electrons. The van der Waals surface area contributed by atoms with E-state index in [-0.39, 0.29) is 24.3 Å². The molecule has 0 aliphatic carbocycles. The second-order valence-electron chi connectivity index (χ2n) is 9.06. The first-order valence-electron chi connectivity index (χ1n) is 10.9. The first-order valence-corrected chi connectivity index (χ1v) is 10.9. The zero-order valence-electron chi connectivity index (χ0n) is 19.7. The Kier molecular flexibility index (Phi) is 6.14. The minimum atomic E-state index is -1.34. The maximum Gasteiger partial charge on any atom is 0.250 e. The van der Waals surface area contributed by atoms with E-state index in [4.69, 9.17) is 4.74 Å². The molecule has 10 heteroatoms. The summed E-state index contributed by atoms with van der Waals surface area (Å²) in [6.07, 6.45) is 3.40. The number of rotatable bonds is 7. The minimum Gasteiger partial charge on any atom is -0.485 e. The van der Waals surface area contributed by atoms with Crippen LogP contribution >= 0.6 is 0 Å². The van der Waals surface area contributed by atoms with Crippen molar-refractivity contribution in [1.82, 2.24) is 14.0 Å². The van der Waals surface area contributed by atoms with Crippen molar-refractivity contribution < 1.29 is 18.4 Å². The summed E-state index contributed by atoms with van der Waals surface area (Å²) < 4.78 is 37.0. The topological polar surface area (TPSA) is 91.7 Å². The van der Waals surface area contributed by atoms with E-state index >= 15 is 0 Å². The van der Waals surface area contributed by atoms with Crippen molar-refractivity contribution in [2.24, 2.45) is 0 Å². The maximum absolute atomic E-state index is 14.1. The third-order valence-electron chi connectivity index (χ3n) is 5.74. The van der Waals surface area contributed by atoms with Crippen LogP contribution in [0.2, 0.25) is 0 Å². The van der Waals surface area contributed by atoms with E-state index in [0.717, 1.165) is 5.56 Å². The van der Waals surface area contributed by atoms with Gasteiger partial charge < -0.3 is 9.30 Å². The monoisotopic (exact) mass is 482 g/mol. The van der Waals surface area contributed by atoms with E-state index in [1.165, 1.54) is 42.7 Å². The van der Waals surface area contributed by atoms with Crippen molar-refractivity contribution >= 4 is 5.65 Å². The number of hydrogen-bond donors (Lipinski definition) is 0. The van der Waals surface area contributed by atoms with E-state index in [0.29, 0.717) is 28.3 Å². The van der Waals surface area contributed by atoms with Gasteiger partial charge >= 0.3 is 0 Å². The van der Waals surface area contributed by atoms with Crippen molar-refractivity contribution in [3.8, 4) is 17.0 Å². The molecule has 0 radical (unpaired) electrons. The maximum atomic E-state index is 14.1. The molecule has 3 aromatic heterocycles. The fraction of sp³-hybridized carbons (Fsp3) is 0.280. The third-order valence-corrected chi connectivity index (χ3v) is 5.74. The van der Waals surface area contributed by atoms with E-state index in [9.17, 15) is 23.7 Å². The van der Waals surface area contributed by atoms with Crippen molar-refractivity contribution in [2.75, 3.05) is 0 Å². The van der Waals surface area contributed by atoms with Crippen LogP contribution in [0.5, 0.6) is 5.75 Å². The number of nitro groups is 1. The zero-order valence-corrected chi connectivity index (χ0v) is 19.7. The van der Waals surface area contributed by atoms with Crippen LogP contribution < -0.4 is 10.3 Å². The van der Waals surface area contributed by atoms with E-state index < -0.39 is 22.1 Å². The molecule has 0 saturated heterocycles. The molecule has 0 fully saturated rings. The van der Waals surface area contributed by atoms with Gasteiger partial charge in [-0.25, -0.2) is 13.8 Å². The molecule has 4 rings (SSSR count). The number of aromatic nitrogens is 3. The number of imidazole rings is 1. The smallest absolute Gasteiger partial charge is 0.250 e. The Morgan fingerprint density at radius 3 is 2.46 bits per heavy atom. The van der Waals surface area contributed by atoms with Gasteiger partial charge in [0.25, 0.3) is 5.56 Å². The van der Waals surface area contributed by atoms with Crippen LogP contribution in [0.3, 0.4) is 0 Å². The molecule has 0 spiro atoms. The molecule has 0 aliphatic heterocycles. The number of pyridine rings is 2. The van der Waals surface area contributed by atoms with Gasteiger partial charge in [-0.05, 0) is 43.7 Å². The summed E-state index contributed by atoms with van der Waals surface area (Å²) in [4.78, 5) is 28.0. The van der Waals surface area contributed by atoms with Gasteiger partial charge in [0, 0.05) is 42.8 Å². The zero-order chi connectivity index (χ0) is 25.5. The molecule has 0 amide bonds. The number of benzene rings is 1. The first-order chi connectivity index (χ1) is 16.5. The highest BCUT2D eigenvalue weighted by Crippen LogP contribution is 2.31. The predicted molar refractivity (Wildman–Crippen MR) is 126 cm³/mol. The average molecular weight is 482 g/mol. The lowest BCUT2D eigenvalue weighted by Crippen LogP contribution is -2.39. The van der Waals surface area contributed by atoms with Gasteiger partial charge in [0.1, 0.15) is 18.2 Å². The molecule has 3 heterocycles. The molecule has 0 saturated carbocycles. The van der Waals surface area contributed by atoms with E-state index in [1.807, 2.05) is 13.1 Å². The molecule has 8 nitrogen and oxygen atoms in total. The Bertz CT molecular complexity index is 1490. The summed E-state index contributed by atoms with van der Waals surface area (Å²) >= 11 is 0. The second kappa shape index (κ2) is 8.94. The summed E-state index contributed by atoms with van der Waals surface area (Å²) in [5.74, 6) is -1.06. The summed E-state index contributed by atoms with van der Waals surface area (Å²) in [5.41, 5.74) is 1.28. The fourth-order valence-electron chi connectivity index (χ4n) is 3.90. The van der Waals surface area contributed by atoms with Gasteiger partial charge in [-0.2, -0.15) is 0 Å². The Balaban J connectivity index is 1.77. The largest absolute Gasteiger partial charge is 0.485 e. The normalized spacial score (nSPS) is 11.7. The highest BCUT2D eigenvalue weighted by Gasteiger charge is 2.31. The second-order valence-corrected chi connectivity index (χ2v) is 9.06. The first kappa shape index (κ1) is 24.1. The molecule has 0 aliphatic rings. The van der Waals surface area contributed by atoms with Crippen molar-refractivity contribution in [3.63, 3.8) is 0 Å². The number of hydrogen-bond acceptors (Lipinski definition) is 5. The lowest BCUT2D eigenvalue weighted by Gasteiger charge is -2.17. The van der Waals surface area contributed by atoms with Crippen LogP contribution in [0.1, 0.15) is 30.7 Å². The summed E-state index contributed by atoms with van der Waals surface area (Å²) in [6, 6.07) is 8.34. The van der Waals surface area contributed by atoms with Crippen molar-refractivity contribution in [2.45, 2.75) is 46.4 Å². The molecular formula is C25H24F2N4O4. The van der Waals surface area contributed by atoms with Crippen molar-refractivity contribution in [1.29, 1.82) is 0 Å². The Hall–Kier alpha value is -4.08. The lowest BCUT2D eigenvalue weighted by molar-refractivity contribution is -0.562. The van der Waals surface area contributed by atoms with Gasteiger partial charge in [-0.3, -0.25) is 19.3 Å². The molecule has 4 aromatic rings. The lowest BCUT2D eigenvalue weighted by atomic mass is 10.1. The molecule has 35 heavy (non-hydrogen) atoms. The summed E-state index contributed by atoms with van der Waals surface area (Å²) in [7, 11) is 0. The Morgan fingerprint density at radius 2 is 1.80 bits per heavy atom. The average Bonchev–Trinajstić information content (AvgIpc) is 3.10. The molecule has 0 bridgehead atoms. The van der Waals surface area contributed by atoms with E-state index in [2.05, 4.69) is 4.98 Å². The highest BCUT2D eigenvalue weighted by atomic mass is 19.1. The standard InChI is InChI=1S/C25H24F2N4O4/c1-15-10-21(35-13-18-19(26)6-5-7-20(18)27)24-28-16(2)23(30(24)11-15)17-8-9-22(32)29(12-17)14-25(3,4)31(33)34/h5-12H,13-14H2,1-4H3. The number of nitrogens with zero attached hydrogens (tertiary/aromatic N) is 4. The number of ether oxygens (including phenoxy) is 1. The van der Waals surface area contributed by atoms with Gasteiger partial charge in [0.05, 0.1) is 23.5 Å². The molecule has 0 N–H and O–H groups in total. The predicted octanol–water partition coefficient (Wildman–Crippen LogP) is 4.69. The summed E-state index contributed by atoms with van der Waals surface area (Å²) in [5, 5.41) is 11.4. The molecular weight excluding hydrogens is 458 g/mol. The number of aryl methyl sites for hydroxylation is 2. The Morgan fingerprint density at radius 1 is 1.11 bits per heavy atom. The van der Waals surface area contributed by atoms with Crippen LogP contribution in [0.4, 0.5) is 8.78 Å². The SMILES string of the molecule is Cc1cc(OCc2c(F)cccc2F)c2nc(C)c(-c3ccc(=O)n(CC(C)(C)[N+](=O)[O-])c3)n2c1. The molecule has 0 atom stereocenters. The number of fused-ring (bicyclic) bond motifs is 1. The van der Waals surface area contributed by atoms with Gasteiger partial charge in [0.15, 0.2) is 11.4 Å². The van der Waals surface area contributed by atoms with Crippen molar-refractivity contribution in [3.05, 3.63) is 97.7 Å². The van der Waals surface area contributed by atoms with E-state index in [1.54, 1.807) is 29.7 Å². The van der Waals surface area contributed by atoms with Gasteiger partial charge in [-0.15, -0.1) is 0 Å². The van der Waals surface area contributed by atoms with Crippen LogP contribution in [0.15, 0.2) is 53.6 Å². The van der Waals surface area contributed by atoms with Crippen LogP contribution in [0.25, 0.3) is 16.9 Å². The van der Waals surface area contributed by atoms with Gasteiger partial charge in [-0.1, -0.05) is 6.07 Å².